The number of aliphatic hydroxyl groups excluding tert-OH is 1. The van der Waals surface area contributed by atoms with Gasteiger partial charge in [-0.1, -0.05) is 25.1 Å². The van der Waals surface area contributed by atoms with Crippen molar-refractivity contribution < 1.29 is 9.84 Å². The zero-order valence-electron chi connectivity index (χ0n) is 10.0. The second kappa shape index (κ2) is 6.51. The third kappa shape index (κ3) is 3.51. The predicted molar refractivity (Wildman–Crippen MR) is 65.5 cm³/mol. The average molecular weight is 223 g/mol. The van der Waals surface area contributed by atoms with Crippen LogP contribution < -0.4 is 10.5 Å². The van der Waals surface area contributed by atoms with Gasteiger partial charge in [0, 0.05) is 11.6 Å². The molecule has 3 N–H and O–H groups in total. The van der Waals surface area contributed by atoms with Crippen LogP contribution in [0.3, 0.4) is 0 Å². The molecule has 1 aromatic carbocycles. The molecular formula is C13H21NO2. The fraction of sp³-hybridized carbons (Fsp3) is 0.538. The molecule has 0 radical (unpaired) electrons. The van der Waals surface area contributed by atoms with Crippen LogP contribution in [0.25, 0.3) is 0 Å². The first kappa shape index (κ1) is 13.0. The SMILES string of the molecule is CCOc1ccccc1C(O)CC(N)CC. The molecule has 0 heterocycles. The van der Waals surface area contributed by atoms with Crippen molar-refractivity contribution in [2.45, 2.75) is 38.8 Å². The maximum atomic E-state index is 10.1. The van der Waals surface area contributed by atoms with Crippen molar-refractivity contribution in [1.29, 1.82) is 0 Å². The normalized spacial score (nSPS) is 14.5. The van der Waals surface area contributed by atoms with E-state index in [2.05, 4.69) is 0 Å². The van der Waals surface area contributed by atoms with Crippen molar-refractivity contribution in [3.05, 3.63) is 29.8 Å². The van der Waals surface area contributed by atoms with E-state index in [1.54, 1.807) is 0 Å². The summed E-state index contributed by atoms with van der Waals surface area (Å²) < 4.78 is 5.47. The lowest BCUT2D eigenvalue weighted by atomic mass is 10.0. The summed E-state index contributed by atoms with van der Waals surface area (Å²) in [5.74, 6) is 0.751. The summed E-state index contributed by atoms with van der Waals surface area (Å²) >= 11 is 0. The minimum Gasteiger partial charge on any atom is -0.493 e. The van der Waals surface area contributed by atoms with Crippen molar-refractivity contribution in [3.8, 4) is 5.75 Å². The van der Waals surface area contributed by atoms with Crippen molar-refractivity contribution in [1.82, 2.24) is 0 Å². The van der Waals surface area contributed by atoms with Gasteiger partial charge in [-0.3, -0.25) is 0 Å². The molecular weight excluding hydrogens is 202 g/mol. The van der Waals surface area contributed by atoms with Crippen LogP contribution in [0, 0.1) is 0 Å². The van der Waals surface area contributed by atoms with Crippen LogP contribution in [0.1, 0.15) is 38.4 Å². The Morgan fingerprint density at radius 2 is 2.00 bits per heavy atom. The Balaban J connectivity index is 2.77. The number of rotatable bonds is 6. The monoisotopic (exact) mass is 223 g/mol. The van der Waals surface area contributed by atoms with E-state index in [-0.39, 0.29) is 6.04 Å². The number of aliphatic hydroxyl groups is 1. The van der Waals surface area contributed by atoms with Gasteiger partial charge in [0.15, 0.2) is 0 Å². The van der Waals surface area contributed by atoms with Gasteiger partial charge >= 0.3 is 0 Å². The number of benzene rings is 1. The number of para-hydroxylation sites is 1. The molecule has 90 valence electrons. The zero-order chi connectivity index (χ0) is 12.0. The van der Waals surface area contributed by atoms with E-state index >= 15 is 0 Å². The summed E-state index contributed by atoms with van der Waals surface area (Å²) in [6.07, 6.45) is 0.895. The minimum absolute atomic E-state index is 0.0321. The highest BCUT2D eigenvalue weighted by Crippen LogP contribution is 2.27. The van der Waals surface area contributed by atoms with Crippen LogP contribution in [-0.2, 0) is 0 Å². The highest BCUT2D eigenvalue weighted by Gasteiger charge is 2.15. The molecule has 0 aliphatic carbocycles. The molecule has 0 aromatic heterocycles. The van der Waals surface area contributed by atoms with Gasteiger partial charge in [0.2, 0.25) is 0 Å². The Morgan fingerprint density at radius 3 is 2.62 bits per heavy atom. The molecule has 0 spiro atoms. The van der Waals surface area contributed by atoms with E-state index in [9.17, 15) is 5.11 Å². The van der Waals surface area contributed by atoms with Crippen LogP contribution in [-0.4, -0.2) is 17.8 Å². The Labute approximate surface area is 97.2 Å². The van der Waals surface area contributed by atoms with Gasteiger partial charge < -0.3 is 15.6 Å². The average Bonchev–Trinajstić information content (AvgIpc) is 2.30. The van der Waals surface area contributed by atoms with Gasteiger partial charge in [0.1, 0.15) is 5.75 Å². The van der Waals surface area contributed by atoms with Gasteiger partial charge in [-0.15, -0.1) is 0 Å². The maximum absolute atomic E-state index is 10.1. The Kier molecular flexibility index (Phi) is 5.29. The third-order valence-corrected chi connectivity index (χ3v) is 2.63. The molecule has 0 aliphatic heterocycles. The standard InChI is InChI=1S/C13H21NO2/c1-3-10(14)9-12(15)11-7-5-6-8-13(11)16-4-2/h5-8,10,12,15H,3-4,9,14H2,1-2H3. The lowest BCUT2D eigenvalue weighted by Gasteiger charge is -2.18. The fourth-order valence-electron chi connectivity index (χ4n) is 1.62. The van der Waals surface area contributed by atoms with E-state index in [0.717, 1.165) is 17.7 Å². The molecule has 3 nitrogen and oxygen atoms in total. The lowest BCUT2D eigenvalue weighted by molar-refractivity contribution is 0.152. The van der Waals surface area contributed by atoms with E-state index in [1.165, 1.54) is 0 Å². The second-order valence-electron chi connectivity index (χ2n) is 3.89. The van der Waals surface area contributed by atoms with Crippen molar-refractivity contribution in [3.63, 3.8) is 0 Å². The Morgan fingerprint density at radius 1 is 1.31 bits per heavy atom. The van der Waals surface area contributed by atoms with Crippen LogP contribution in [0.4, 0.5) is 0 Å². The number of hydrogen-bond donors (Lipinski definition) is 2. The molecule has 0 amide bonds. The number of hydrogen-bond acceptors (Lipinski definition) is 3. The first-order valence-electron chi connectivity index (χ1n) is 5.84. The number of ether oxygens (including phenoxy) is 1. The van der Waals surface area contributed by atoms with Crippen LogP contribution in [0.5, 0.6) is 5.75 Å². The molecule has 0 aliphatic rings. The highest BCUT2D eigenvalue weighted by atomic mass is 16.5. The maximum Gasteiger partial charge on any atom is 0.125 e. The predicted octanol–water partition coefficient (Wildman–Crippen LogP) is 2.25. The topological polar surface area (TPSA) is 55.5 Å². The van der Waals surface area contributed by atoms with Gasteiger partial charge in [0.05, 0.1) is 12.7 Å². The Bertz CT molecular complexity index is 315. The molecule has 16 heavy (non-hydrogen) atoms. The van der Waals surface area contributed by atoms with E-state index < -0.39 is 6.10 Å². The summed E-state index contributed by atoms with van der Waals surface area (Å²) in [6.45, 7) is 4.55. The van der Waals surface area contributed by atoms with E-state index in [1.807, 2.05) is 38.1 Å². The first-order chi connectivity index (χ1) is 7.69. The van der Waals surface area contributed by atoms with Gasteiger partial charge in [-0.2, -0.15) is 0 Å². The molecule has 0 fully saturated rings. The minimum atomic E-state index is -0.544. The number of nitrogens with two attached hydrogens (primary N) is 1. The van der Waals surface area contributed by atoms with E-state index in [0.29, 0.717) is 13.0 Å². The molecule has 0 bridgehead atoms. The molecule has 0 saturated carbocycles. The Hall–Kier alpha value is -1.06. The zero-order valence-corrected chi connectivity index (χ0v) is 10.0. The smallest absolute Gasteiger partial charge is 0.125 e. The lowest BCUT2D eigenvalue weighted by Crippen LogP contribution is -2.21. The summed E-state index contributed by atoms with van der Waals surface area (Å²) in [6, 6.07) is 7.60. The molecule has 1 rings (SSSR count). The summed E-state index contributed by atoms with van der Waals surface area (Å²) in [7, 11) is 0. The van der Waals surface area contributed by atoms with Gasteiger partial charge in [-0.05, 0) is 25.8 Å². The fourth-order valence-corrected chi connectivity index (χ4v) is 1.62. The molecule has 2 atom stereocenters. The first-order valence-corrected chi connectivity index (χ1v) is 5.84. The van der Waals surface area contributed by atoms with Crippen LogP contribution in [0.2, 0.25) is 0 Å². The summed E-state index contributed by atoms with van der Waals surface area (Å²) in [5, 5.41) is 10.1. The molecule has 3 heteroatoms. The second-order valence-corrected chi connectivity index (χ2v) is 3.89. The van der Waals surface area contributed by atoms with E-state index in [4.69, 9.17) is 10.5 Å². The largest absolute Gasteiger partial charge is 0.493 e. The van der Waals surface area contributed by atoms with Gasteiger partial charge in [-0.25, -0.2) is 0 Å². The van der Waals surface area contributed by atoms with Crippen molar-refractivity contribution in [2.75, 3.05) is 6.61 Å². The summed E-state index contributed by atoms with van der Waals surface area (Å²) in [4.78, 5) is 0. The molecule has 0 saturated heterocycles. The summed E-state index contributed by atoms with van der Waals surface area (Å²) in [5.41, 5.74) is 6.66. The van der Waals surface area contributed by atoms with Crippen molar-refractivity contribution in [2.24, 2.45) is 5.73 Å². The van der Waals surface area contributed by atoms with Gasteiger partial charge in [0.25, 0.3) is 0 Å². The van der Waals surface area contributed by atoms with Crippen molar-refractivity contribution >= 4 is 0 Å². The molecule has 1 aromatic rings. The van der Waals surface area contributed by atoms with Crippen LogP contribution in [0.15, 0.2) is 24.3 Å². The molecule has 2 unspecified atom stereocenters. The third-order valence-electron chi connectivity index (χ3n) is 2.63. The highest BCUT2D eigenvalue weighted by molar-refractivity contribution is 5.35. The quantitative estimate of drug-likeness (QED) is 0.777. The van der Waals surface area contributed by atoms with Crippen LogP contribution >= 0.6 is 0 Å².